The van der Waals surface area contributed by atoms with Crippen molar-refractivity contribution in [2.24, 2.45) is 0 Å². The van der Waals surface area contributed by atoms with E-state index in [1.807, 2.05) is 42.5 Å². The van der Waals surface area contributed by atoms with Gasteiger partial charge in [0.05, 0.1) is 11.3 Å². The number of hydrogen-bond donors (Lipinski definition) is 1. The second-order valence-corrected chi connectivity index (χ2v) is 5.19. The smallest absolute Gasteiger partial charge is 0.213 e. The van der Waals surface area contributed by atoms with Crippen LogP contribution in [0.2, 0.25) is 0 Å². The molecule has 1 aromatic heterocycles. The molecule has 2 aromatic carbocycles. The summed E-state index contributed by atoms with van der Waals surface area (Å²) in [6.07, 6.45) is 3.93. The Morgan fingerprint density at radius 3 is 2.70 bits per heavy atom. The first-order chi connectivity index (χ1) is 11.2. The van der Waals surface area contributed by atoms with Gasteiger partial charge in [-0.1, -0.05) is 36.4 Å². The van der Waals surface area contributed by atoms with Gasteiger partial charge in [0, 0.05) is 23.3 Å². The number of fused-ring (bicyclic) bond motifs is 2. The summed E-state index contributed by atoms with van der Waals surface area (Å²) in [6, 6.07) is 13.6. The van der Waals surface area contributed by atoms with Crippen molar-refractivity contribution in [3.05, 3.63) is 78.0 Å². The van der Waals surface area contributed by atoms with Crippen LogP contribution in [0.15, 0.2) is 66.8 Å². The number of Topliss-reactive ketones (excluding diaryl/α,β-unsaturated/α-hetero) is 1. The molecule has 4 rings (SSSR count). The van der Waals surface area contributed by atoms with Gasteiger partial charge in [0.25, 0.3) is 0 Å². The van der Waals surface area contributed by atoms with Gasteiger partial charge in [-0.25, -0.2) is 9.97 Å². The minimum Gasteiger partial charge on any atom is -0.352 e. The van der Waals surface area contributed by atoms with E-state index in [1.54, 1.807) is 0 Å². The van der Waals surface area contributed by atoms with Crippen LogP contribution in [0.4, 0.5) is 5.69 Å². The standard InChI is InChI=1S/C18H11N3O2/c22-16-8-15(18(23)13-9-19-10-20-17(13)16)21-14-7-3-5-11-4-1-2-6-12(11)14/h1-10,21H. The summed E-state index contributed by atoms with van der Waals surface area (Å²) in [5.74, 6) is -0.585. The molecule has 0 atom stereocenters. The molecule has 0 bridgehead atoms. The molecular weight excluding hydrogens is 290 g/mol. The lowest BCUT2D eigenvalue weighted by atomic mass is 9.98. The molecule has 3 aromatic rings. The molecule has 1 aliphatic carbocycles. The fourth-order valence-corrected chi connectivity index (χ4v) is 2.67. The SMILES string of the molecule is O=C1C(Nc2cccc3ccccc23)=CC(=O)c2ncncc21. The maximum Gasteiger partial charge on any atom is 0.213 e. The maximum absolute atomic E-state index is 12.5. The molecule has 1 aliphatic rings. The molecule has 0 saturated heterocycles. The van der Waals surface area contributed by atoms with Crippen LogP contribution in [-0.4, -0.2) is 21.5 Å². The zero-order valence-corrected chi connectivity index (χ0v) is 12.0. The zero-order chi connectivity index (χ0) is 15.8. The van der Waals surface area contributed by atoms with Gasteiger partial charge in [-0.15, -0.1) is 0 Å². The summed E-state index contributed by atoms with van der Waals surface area (Å²) in [4.78, 5) is 32.4. The number of carbonyl (C=O) groups is 2. The van der Waals surface area contributed by atoms with E-state index in [0.29, 0.717) is 0 Å². The monoisotopic (exact) mass is 301 g/mol. The number of carbonyl (C=O) groups excluding carboxylic acids is 2. The van der Waals surface area contributed by atoms with Crippen LogP contribution in [0.5, 0.6) is 0 Å². The molecule has 5 nitrogen and oxygen atoms in total. The molecule has 110 valence electrons. The van der Waals surface area contributed by atoms with Crippen molar-refractivity contribution in [2.45, 2.75) is 0 Å². The van der Waals surface area contributed by atoms with Gasteiger partial charge in [-0.05, 0) is 11.5 Å². The van der Waals surface area contributed by atoms with Crippen molar-refractivity contribution in [1.82, 2.24) is 9.97 Å². The number of ketones is 2. The van der Waals surface area contributed by atoms with Gasteiger partial charge in [0.2, 0.25) is 11.6 Å². The molecular formula is C18H11N3O2. The minimum absolute atomic E-state index is 0.147. The van der Waals surface area contributed by atoms with Gasteiger partial charge in [0.1, 0.15) is 12.0 Å². The van der Waals surface area contributed by atoms with Crippen LogP contribution in [0.1, 0.15) is 20.8 Å². The predicted octanol–water partition coefficient (Wildman–Crippen LogP) is 3.00. The summed E-state index contributed by atoms with van der Waals surface area (Å²) in [5.41, 5.74) is 1.38. The second kappa shape index (κ2) is 5.14. The van der Waals surface area contributed by atoms with Gasteiger partial charge < -0.3 is 5.32 Å². The van der Waals surface area contributed by atoms with Gasteiger partial charge in [-0.2, -0.15) is 0 Å². The Balaban J connectivity index is 1.77. The van der Waals surface area contributed by atoms with Crippen LogP contribution < -0.4 is 5.32 Å². The topological polar surface area (TPSA) is 72.0 Å². The van der Waals surface area contributed by atoms with Gasteiger partial charge in [0.15, 0.2) is 0 Å². The number of anilines is 1. The van der Waals surface area contributed by atoms with Crippen LogP contribution in [0, 0.1) is 0 Å². The molecule has 0 saturated carbocycles. The molecule has 5 heteroatoms. The number of nitrogens with zero attached hydrogens (tertiary/aromatic N) is 2. The molecule has 0 radical (unpaired) electrons. The number of allylic oxidation sites excluding steroid dienone is 2. The van der Waals surface area contributed by atoms with Crippen molar-refractivity contribution in [1.29, 1.82) is 0 Å². The van der Waals surface area contributed by atoms with Crippen molar-refractivity contribution >= 4 is 28.0 Å². The third-order valence-electron chi connectivity index (χ3n) is 3.77. The normalized spacial score (nSPS) is 13.7. The van der Waals surface area contributed by atoms with Crippen molar-refractivity contribution in [2.75, 3.05) is 5.32 Å². The average Bonchev–Trinajstić information content (AvgIpc) is 2.60. The quantitative estimate of drug-likeness (QED) is 0.787. The summed E-state index contributed by atoms with van der Waals surface area (Å²) in [7, 11) is 0. The summed E-state index contributed by atoms with van der Waals surface area (Å²) in [5, 5.41) is 5.11. The molecule has 0 unspecified atom stereocenters. The Morgan fingerprint density at radius 2 is 1.78 bits per heavy atom. The summed E-state index contributed by atoms with van der Waals surface area (Å²) in [6.45, 7) is 0. The fraction of sp³-hybridized carbons (Fsp3) is 0. The van der Waals surface area contributed by atoms with Crippen LogP contribution >= 0.6 is 0 Å². The highest BCUT2D eigenvalue weighted by Gasteiger charge is 2.27. The number of nitrogens with one attached hydrogen (secondary N) is 1. The number of hydrogen-bond acceptors (Lipinski definition) is 5. The Bertz CT molecular complexity index is 987. The Kier molecular flexibility index (Phi) is 2.98. The first-order valence-corrected chi connectivity index (χ1v) is 7.09. The average molecular weight is 301 g/mol. The summed E-state index contributed by atoms with van der Waals surface area (Å²) < 4.78 is 0. The summed E-state index contributed by atoms with van der Waals surface area (Å²) >= 11 is 0. The molecule has 1 heterocycles. The van der Waals surface area contributed by atoms with E-state index in [0.717, 1.165) is 16.5 Å². The predicted molar refractivity (Wildman–Crippen MR) is 86.3 cm³/mol. The van der Waals surface area contributed by atoms with Gasteiger partial charge in [-0.3, -0.25) is 9.59 Å². The molecule has 23 heavy (non-hydrogen) atoms. The van der Waals surface area contributed by atoms with E-state index in [-0.39, 0.29) is 28.5 Å². The second-order valence-electron chi connectivity index (χ2n) is 5.19. The Hall–Kier alpha value is -3.34. The largest absolute Gasteiger partial charge is 0.352 e. The molecule has 0 aliphatic heterocycles. The van der Waals surface area contributed by atoms with Gasteiger partial charge >= 0.3 is 0 Å². The third-order valence-corrected chi connectivity index (χ3v) is 3.77. The number of aromatic nitrogens is 2. The Morgan fingerprint density at radius 1 is 0.957 bits per heavy atom. The van der Waals surface area contributed by atoms with Crippen LogP contribution in [0.25, 0.3) is 10.8 Å². The van der Waals surface area contributed by atoms with E-state index in [9.17, 15) is 9.59 Å². The number of rotatable bonds is 2. The van der Waals surface area contributed by atoms with E-state index in [4.69, 9.17) is 0 Å². The van der Waals surface area contributed by atoms with Crippen molar-refractivity contribution in [3.8, 4) is 0 Å². The molecule has 0 amide bonds. The van der Waals surface area contributed by atoms with Crippen molar-refractivity contribution in [3.63, 3.8) is 0 Å². The van der Waals surface area contributed by atoms with E-state index in [2.05, 4.69) is 15.3 Å². The molecule has 0 spiro atoms. The molecule has 0 fully saturated rings. The fourth-order valence-electron chi connectivity index (χ4n) is 2.67. The molecule has 1 N–H and O–H groups in total. The van der Waals surface area contributed by atoms with Crippen LogP contribution in [0.3, 0.4) is 0 Å². The Labute approximate surface area is 131 Å². The zero-order valence-electron chi connectivity index (χ0n) is 12.0. The van der Waals surface area contributed by atoms with E-state index in [1.165, 1.54) is 18.6 Å². The van der Waals surface area contributed by atoms with E-state index >= 15 is 0 Å². The highest BCUT2D eigenvalue weighted by molar-refractivity contribution is 6.24. The first-order valence-electron chi connectivity index (χ1n) is 7.09. The third kappa shape index (κ3) is 2.19. The first kappa shape index (κ1) is 13.3. The highest BCUT2D eigenvalue weighted by Crippen LogP contribution is 2.26. The van der Waals surface area contributed by atoms with Crippen LogP contribution in [-0.2, 0) is 0 Å². The minimum atomic E-state index is -0.301. The lowest BCUT2D eigenvalue weighted by Crippen LogP contribution is -2.23. The lowest BCUT2D eigenvalue weighted by molar-refractivity contribution is 0.0981. The maximum atomic E-state index is 12.5. The highest BCUT2D eigenvalue weighted by atomic mass is 16.1. The lowest BCUT2D eigenvalue weighted by Gasteiger charge is -2.16. The van der Waals surface area contributed by atoms with E-state index < -0.39 is 0 Å². The van der Waals surface area contributed by atoms with Crippen molar-refractivity contribution < 1.29 is 9.59 Å². The number of benzene rings is 2.